The van der Waals surface area contributed by atoms with Gasteiger partial charge in [-0.3, -0.25) is 0 Å². The zero-order valence-electron chi connectivity index (χ0n) is 7.15. The summed E-state index contributed by atoms with van der Waals surface area (Å²) in [6, 6.07) is 0. The molecule has 0 spiro atoms. The fourth-order valence-corrected chi connectivity index (χ4v) is 0.425. The van der Waals surface area contributed by atoms with E-state index in [1.54, 1.807) is 0 Å². The molecule has 60 valence electrons. The second kappa shape index (κ2) is 10.9. The van der Waals surface area contributed by atoms with Crippen LogP contribution in [0.2, 0.25) is 0 Å². The van der Waals surface area contributed by atoms with E-state index in [9.17, 15) is 0 Å². The lowest BCUT2D eigenvalue weighted by Gasteiger charge is -2.01. The first kappa shape index (κ1) is 11.7. The summed E-state index contributed by atoms with van der Waals surface area (Å²) >= 11 is 0. The maximum Gasteiger partial charge on any atom is 0.0433 e. The molecule has 0 rings (SSSR count). The summed E-state index contributed by atoms with van der Waals surface area (Å²) in [4.78, 5) is 0. The van der Waals surface area contributed by atoms with Crippen molar-refractivity contribution >= 4 is 0 Å². The molecule has 0 fully saturated rings. The smallest absolute Gasteiger partial charge is 0.0433 e. The highest BCUT2D eigenvalue weighted by atomic mass is 16.2. The van der Waals surface area contributed by atoms with Crippen molar-refractivity contribution in [3.05, 3.63) is 0 Å². The SMILES string of the molecule is CC.CCC(C)CCO.[HH]. The Balaban J connectivity index is -0.000000149. The molecule has 0 aromatic rings. The highest BCUT2D eigenvalue weighted by molar-refractivity contribution is 4.45. The zero-order valence-corrected chi connectivity index (χ0v) is 7.15. The number of hydrogen-bond acceptors (Lipinski definition) is 1. The van der Waals surface area contributed by atoms with E-state index in [1.165, 1.54) is 6.42 Å². The van der Waals surface area contributed by atoms with E-state index in [2.05, 4.69) is 13.8 Å². The van der Waals surface area contributed by atoms with Gasteiger partial charge in [-0.05, 0) is 12.3 Å². The predicted molar refractivity (Wildman–Crippen MR) is 44.6 cm³/mol. The maximum atomic E-state index is 8.37. The van der Waals surface area contributed by atoms with Crippen LogP contribution in [0.25, 0.3) is 0 Å². The molecule has 0 aliphatic carbocycles. The largest absolute Gasteiger partial charge is 0.396 e. The van der Waals surface area contributed by atoms with Gasteiger partial charge in [-0.1, -0.05) is 34.1 Å². The Hall–Kier alpha value is -0.0400. The molecule has 1 atom stereocenters. The molecule has 0 saturated carbocycles. The summed E-state index contributed by atoms with van der Waals surface area (Å²) in [5, 5.41) is 8.37. The Morgan fingerprint density at radius 3 is 2.00 bits per heavy atom. The van der Waals surface area contributed by atoms with Crippen molar-refractivity contribution in [1.29, 1.82) is 0 Å². The van der Waals surface area contributed by atoms with E-state index in [4.69, 9.17) is 5.11 Å². The molecule has 1 heteroatoms. The normalized spacial score (nSPS) is 11.7. The Labute approximate surface area is 60.6 Å². The lowest BCUT2D eigenvalue weighted by Crippen LogP contribution is -1.94. The lowest BCUT2D eigenvalue weighted by atomic mass is 10.1. The van der Waals surface area contributed by atoms with Crippen molar-refractivity contribution in [3.63, 3.8) is 0 Å². The van der Waals surface area contributed by atoms with Crippen molar-refractivity contribution in [2.45, 2.75) is 40.5 Å². The van der Waals surface area contributed by atoms with Crippen LogP contribution in [0.4, 0.5) is 0 Å². The fourth-order valence-electron chi connectivity index (χ4n) is 0.425. The summed E-state index contributed by atoms with van der Waals surface area (Å²) in [7, 11) is 0. The van der Waals surface area contributed by atoms with Crippen molar-refractivity contribution < 1.29 is 6.53 Å². The van der Waals surface area contributed by atoms with Gasteiger partial charge in [-0.2, -0.15) is 0 Å². The third-order valence-corrected chi connectivity index (χ3v) is 1.32. The first-order valence-electron chi connectivity index (χ1n) is 3.92. The molecular weight excluding hydrogens is 112 g/mol. The predicted octanol–water partition coefficient (Wildman–Crippen LogP) is 2.69. The second-order valence-corrected chi connectivity index (χ2v) is 2.03. The van der Waals surface area contributed by atoms with E-state index in [0.717, 1.165) is 6.42 Å². The molecule has 0 aromatic carbocycles. The van der Waals surface area contributed by atoms with E-state index >= 15 is 0 Å². The molecule has 0 aliphatic rings. The first-order chi connectivity index (χ1) is 4.31. The van der Waals surface area contributed by atoms with Gasteiger partial charge in [0.15, 0.2) is 0 Å². The lowest BCUT2D eigenvalue weighted by molar-refractivity contribution is 0.260. The summed E-state index contributed by atoms with van der Waals surface area (Å²) < 4.78 is 0. The Morgan fingerprint density at radius 2 is 1.89 bits per heavy atom. The molecule has 0 saturated heterocycles. The van der Waals surface area contributed by atoms with Crippen LogP contribution in [0, 0.1) is 5.92 Å². The van der Waals surface area contributed by atoms with Gasteiger partial charge in [0.2, 0.25) is 0 Å². The Morgan fingerprint density at radius 1 is 1.44 bits per heavy atom. The monoisotopic (exact) mass is 134 g/mol. The third-order valence-electron chi connectivity index (χ3n) is 1.32. The van der Waals surface area contributed by atoms with Gasteiger partial charge in [0.1, 0.15) is 0 Å². The van der Waals surface area contributed by atoms with Gasteiger partial charge in [0.05, 0.1) is 0 Å². The minimum Gasteiger partial charge on any atom is -0.396 e. The van der Waals surface area contributed by atoms with Crippen LogP contribution in [-0.4, -0.2) is 11.7 Å². The average Bonchev–Trinajstić information content (AvgIpc) is 1.93. The van der Waals surface area contributed by atoms with Crippen LogP contribution in [0.1, 0.15) is 42.0 Å². The van der Waals surface area contributed by atoms with E-state index in [1.807, 2.05) is 13.8 Å². The highest BCUT2D eigenvalue weighted by Gasteiger charge is 1.93. The number of rotatable bonds is 3. The van der Waals surface area contributed by atoms with Gasteiger partial charge in [-0.15, -0.1) is 0 Å². The van der Waals surface area contributed by atoms with E-state index in [0.29, 0.717) is 12.5 Å². The quantitative estimate of drug-likeness (QED) is 0.629. The fraction of sp³-hybridized carbons (Fsp3) is 1.00. The highest BCUT2D eigenvalue weighted by Crippen LogP contribution is 2.03. The Bertz CT molecular complexity index is 40.2. The number of aliphatic hydroxyl groups excluding tert-OH is 1. The van der Waals surface area contributed by atoms with Crippen LogP contribution in [0.5, 0.6) is 0 Å². The first-order valence-corrected chi connectivity index (χ1v) is 3.92. The molecule has 1 nitrogen and oxygen atoms in total. The van der Waals surface area contributed by atoms with Crippen LogP contribution in [0.15, 0.2) is 0 Å². The molecule has 0 bridgehead atoms. The zero-order chi connectivity index (χ0) is 7.70. The van der Waals surface area contributed by atoms with Crippen LogP contribution >= 0.6 is 0 Å². The standard InChI is InChI=1S/C6H14O.C2H6.H2/c1-3-6(2)4-5-7;1-2;/h6-7H,3-5H2,1-2H3;1-2H3;1H. The summed E-state index contributed by atoms with van der Waals surface area (Å²) in [5.41, 5.74) is 0. The summed E-state index contributed by atoms with van der Waals surface area (Å²) in [6.07, 6.45) is 2.14. The van der Waals surface area contributed by atoms with Gasteiger partial charge >= 0.3 is 0 Å². The molecule has 0 aromatic heterocycles. The van der Waals surface area contributed by atoms with Crippen LogP contribution < -0.4 is 0 Å². The van der Waals surface area contributed by atoms with Crippen LogP contribution in [0.3, 0.4) is 0 Å². The van der Waals surface area contributed by atoms with Crippen molar-refractivity contribution in [2.75, 3.05) is 6.61 Å². The molecule has 0 heterocycles. The molecule has 1 N–H and O–H groups in total. The summed E-state index contributed by atoms with van der Waals surface area (Å²) in [5.74, 6) is 0.699. The van der Waals surface area contributed by atoms with E-state index in [-0.39, 0.29) is 1.43 Å². The Kier molecular flexibility index (Phi) is 14.1. The summed E-state index contributed by atoms with van der Waals surface area (Å²) in [6.45, 7) is 8.63. The van der Waals surface area contributed by atoms with E-state index < -0.39 is 0 Å². The minimum absolute atomic E-state index is 0. The molecule has 0 radical (unpaired) electrons. The molecule has 0 amide bonds. The third kappa shape index (κ3) is 11.5. The molecule has 9 heavy (non-hydrogen) atoms. The van der Waals surface area contributed by atoms with Crippen LogP contribution in [-0.2, 0) is 0 Å². The van der Waals surface area contributed by atoms with Gasteiger partial charge in [0, 0.05) is 8.03 Å². The van der Waals surface area contributed by atoms with Crippen molar-refractivity contribution in [2.24, 2.45) is 5.92 Å². The average molecular weight is 134 g/mol. The molecule has 1 unspecified atom stereocenters. The van der Waals surface area contributed by atoms with Gasteiger partial charge < -0.3 is 5.11 Å². The number of hydrogen-bond donors (Lipinski definition) is 1. The molecule has 0 aliphatic heterocycles. The van der Waals surface area contributed by atoms with Gasteiger partial charge in [-0.25, -0.2) is 0 Å². The molecular formula is C8H22O. The van der Waals surface area contributed by atoms with Gasteiger partial charge in [0.25, 0.3) is 0 Å². The second-order valence-electron chi connectivity index (χ2n) is 2.03. The van der Waals surface area contributed by atoms with Crippen molar-refractivity contribution in [3.8, 4) is 0 Å². The maximum absolute atomic E-state index is 8.37. The minimum atomic E-state index is 0. The topological polar surface area (TPSA) is 20.2 Å². The number of aliphatic hydroxyl groups is 1. The van der Waals surface area contributed by atoms with Crippen molar-refractivity contribution in [1.82, 2.24) is 0 Å².